The molecule has 7 heteroatoms. The molecule has 1 aliphatic rings. The Labute approximate surface area is 182 Å². The van der Waals surface area contributed by atoms with E-state index >= 15 is 0 Å². The first-order chi connectivity index (χ1) is 14.5. The lowest BCUT2D eigenvalue weighted by molar-refractivity contribution is 0.0698. The third-order valence-electron chi connectivity index (χ3n) is 5.11. The Morgan fingerprint density at radius 3 is 2.60 bits per heavy atom. The number of hydrogen-bond donors (Lipinski definition) is 2. The number of para-hydroxylation sites is 1. The van der Waals surface area contributed by atoms with Crippen molar-refractivity contribution in [3.05, 3.63) is 59.7 Å². The Morgan fingerprint density at radius 1 is 1.13 bits per heavy atom. The van der Waals surface area contributed by atoms with Crippen molar-refractivity contribution in [2.24, 2.45) is 5.92 Å². The summed E-state index contributed by atoms with van der Waals surface area (Å²) in [5, 5.41) is 5.80. The van der Waals surface area contributed by atoms with E-state index in [0.29, 0.717) is 35.1 Å². The minimum absolute atomic E-state index is 0.0245. The lowest BCUT2D eigenvalue weighted by atomic mass is 9.98. The van der Waals surface area contributed by atoms with Crippen LogP contribution in [0, 0.1) is 5.92 Å². The van der Waals surface area contributed by atoms with Crippen LogP contribution in [0.2, 0.25) is 0 Å². The average Bonchev–Trinajstić information content (AvgIpc) is 2.74. The number of piperidine rings is 1. The molecule has 1 saturated heterocycles. The fraction of sp³-hybridized carbons (Fsp3) is 0.348. The number of ether oxygens (including phenoxy) is 1. The van der Waals surface area contributed by atoms with Gasteiger partial charge in [-0.05, 0) is 68.2 Å². The van der Waals surface area contributed by atoms with Crippen molar-refractivity contribution in [1.82, 2.24) is 10.2 Å². The van der Waals surface area contributed by atoms with Crippen molar-refractivity contribution >= 4 is 34.8 Å². The number of nitrogens with zero attached hydrogens (tertiary/aromatic N) is 1. The summed E-state index contributed by atoms with van der Waals surface area (Å²) in [5.74, 6) is 0.897. The van der Waals surface area contributed by atoms with Gasteiger partial charge in [-0.3, -0.25) is 14.9 Å². The SMILES string of the molecule is CCOc1cccc(C(=O)NC(=S)Nc2ccccc2C(=O)N2CCC(C)CC2)c1. The molecule has 0 radical (unpaired) electrons. The lowest BCUT2D eigenvalue weighted by Crippen LogP contribution is -2.39. The van der Waals surface area contributed by atoms with Crippen molar-refractivity contribution in [3.8, 4) is 5.75 Å². The zero-order valence-electron chi connectivity index (χ0n) is 17.3. The molecular weight excluding hydrogens is 398 g/mol. The molecule has 1 heterocycles. The fourth-order valence-electron chi connectivity index (χ4n) is 3.38. The van der Waals surface area contributed by atoms with Gasteiger partial charge in [-0.1, -0.05) is 25.1 Å². The summed E-state index contributed by atoms with van der Waals surface area (Å²) in [7, 11) is 0. The van der Waals surface area contributed by atoms with E-state index in [2.05, 4.69) is 17.6 Å². The highest BCUT2D eigenvalue weighted by Crippen LogP contribution is 2.22. The van der Waals surface area contributed by atoms with E-state index in [9.17, 15) is 9.59 Å². The predicted molar refractivity (Wildman–Crippen MR) is 122 cm³/mol. The summed E-state index contributed by atoms with van der Waals surface area (Å²) < 4.78 is 5.43. The number of carbonyl (C=O) groups excluding carboxylic acids is 2. The van der Waals surface area contributed by atoms with Crippen molar-refractivity contribution in [2.45, 2.75) is 26.7 Å². The summed E-state index contributed by atoms with van der Waals surface area (Å²) in [4.78, 5) is 27.4. The zero-order valence-corrected chi connectivity index (χ0v) is 18.1. The third-order valence-corrected chi connectivity index (χ3v) is 5.31. The quantitative estimate of drug-likeness (QED) is 0.707. The molecule has 0 unspecified atom stereocenters. The smallest absolute Gasteiger partial charge is 0.257 e. The Balaban J connectivity index is 1.66. The molecule has 2 aromatic carbocycles. The van der Waals surface area contributed by atoms with E-state index in [1.165, 1.54) is 0 Å². The maximum atomic E-state index is 13.0. The Kier molecular flexibility index (Phi) is 7.41. The normalized spacial score (nSPS) is 14.1. The van der Waals surface area contributed by atoms with Gasteiger partial charge < -0.3 is 15.0 Å². The number of nitrogens with one attached hydrogen (secondary N) is 2. The van der Waals surface area contributed by atoms with Crippen LogP contribution in [0.15, 0.2) is 48.5 Å². The molecule has 2 aromatic rings. The predicted octanol–water partition coefficient (Wildman–Crippen LogP) is 4.08. The van der Waals surface area contributed by atoms with Crippen molar-refractivity contribution < 1.29 is 14.3 Å². The molecule has 0 spiro atoms. The number of benzene rings is 2. The molecule has 1 fully saturated rings. The number of amides is 2. The summed E-state index contributed by atoms with van der Waals surface area (Å²) in [5.41, 5.74) is 1.56. The standard InChI is InChI=1S/C23H27N3O3S/c1-3-29-18-8-6-7-17(15-18)21(27)25-23(30)24-20-10-5-4-9-19(20)22(28)26-13-11-16(2)12-14-26/h4-10,15-16H,3,11-14H2,1-2H3,(H2,24,25,27,30). The van der Waals surface area contributed by atoms with Crippen LogP contribution in [0.4, 0.5) is 5.69 Å². The minimum atomic E-state index is -0.345. The first kappa shape index (κ1) is 21.8. The van der Waals surface area contributed by atoms with E-state index < -0.39 is 0 Å². The molecule has 30 heavy (non-hydrogen) atoms. The number of thiocarbonyl (C=S) groups is 1. The van der Waals surface area contributed by atoms with E-state index in [1.807, 2.05) is 24.0 Å². The van der Waals surface area contributed by atoms with Crippen LogP contribution >= 0.6 is 12.2 Å². The molecule has 1 aliphatic heterocycles. The molecule has 2 amide bonds. The summed E-state index contributed by atoms with van der Waals surface area (Å²) >= 11 is 5.32. The Bertz CT molecular complexity index is 923. The lowest BCUT2D eigenvalue weighted by Gasteiger charge is -2.30. The first-order valence-corrected chi connectivity index (χ1v) is 10.6. The van der Waals surface area contributed by atoms with Gasteiger partial charge in [0, 0.05) is 18.7 Å². The van der Waals surface area contributed by atoms with E-state index in [4.69, 9.17) is 17.0 Å². The van der Waals surface area contributed by atoms with Gasteiger partial charge in [0.15, 0.2) is 5.11 Å². The monoisotopic (exact) mass is 425 g/mol. The van der Waals surface area contributed by atoms with Gasteiger partial charge in [-0.2, -0.15) is 0 Å². The van der Waals surface area contributed by atoms with Gasteiger partial charge >= 0.3 is 0 Å². The minimum Gasteiger partial charge on any atom is -0.494 e. The molecule has 0 aliphatic carbocycles. The van der Waals surface area contributed by atoms with E-state index in [0.717, 1.165) is 25.9 Å². The second kappa shape index (κ2) is 10.2. The number of anilines is 1. The maximum absolute atomic E-state index is 13.0. The average molecular weight is 426 g/mol. The number of rotatable bonds is 5. The van der Waals surface area contributed by atoms with Crippen LogP contribution in [0.5, 0.6) is 5.75 Å². The van der Waals surface area contributed by atoms with Gasteiger partial charge in [0.2, 0.25) is 0 Å². The molecule has 3 rings (SSSR count). The van der Waals surface area contributed by atoms with Crippen LogP contribution in [0.3, 0.4) is 0 Å². The van der Waals surface area contributed by atoms with E-state index in [-0.39, 0.29) is 16.9 Å². The highest BCUT2D eigenvalue weighted by molar-refractivity contribution is 7.80. The number of carbonyl (C=O) groups is 2. The van der Waals surface area contributed by atoms with Crippen LogP contribution in [0.25, 0.3) is 0 Å². The highest BCUT2D eigenvalue weighted by atomic mass is 32.1. The van der Waals surface area contributed by atoms with Crippen LogP contribution < -0.4 is 15.4 Å². The van der Waals surface area contributed by atoms with Crippen molar-refractivity contribution in [3.63, 3.8) is 0 Å². The highest BCUT2D eigenvalue weighted by Gasteiger charge is 2.23. The topological polar surface area (TPSA) is 70.7 Å². The second-order valence-corrected chi connectivity index (χ2v) is 7.80. The fourth-order valence-corrected chi connectivity index (χ4v) is 3.59. The number of likely N-dealkylation sites (tertiary alicyclic amines) is 1. The molecule has 0 saturated carbocycles. The molecule has 2 N–H and O–H groups in total. The van der Waals surface area contributed by atoms with Crippen molar-refractivity contribution in [2.75, 3.05) is 25.0 Å². The zero-order chi connectivity index (χ0) is 21.5. The van der Waals surface area contributed by atoms with Gasteiger partial charge in [-0.25, -0.2) is 0 Å². The van der Waals surface area contributed by atoms with E-state index in [1.54, 1.807) is 36.4 Å². The Hall–Kier alpha value is -2.93. The molecule has 6 nitrogen and oxygen atoms in total. The van der Waals surface area contributed by atoms with Gasteiger partial charge in [0.1, 0.15) is 5.75 Å². The summed E-state index contributed by atoms with van der Waals surface area (Å²) in [6, 6.07) is 14.1. The molecular formula is C23H27N3O3S. The molecule has 158 valence electrons. The first-order valence-electron chi connectivity index (χ1n) is 10.2. The molecule has 0 atom stereocenters. The molecule has 0 bridgehead atoms. The third kappa shape index (κ3) is 5.57. The van der Waals surface area contributed by atoms with Gasteiger partial charge in [0.25, 0.3) is 11.8 Å². The summed E-state index contributed by atoms with van der Waals surface area (Å²) in [6.07, 6.45) is 2.02. The number of hydrogen-bond acceptors (Lipinski definition) is 4. The van der Waals surface area contributed by atoms with Gasteiger partial charge in [-0.15, -0.1) is 0 Å². The molecule has 0 aromatic heterocycles. The Morgan fingerprint density at radius 2 is 1.87 bits per heavy atom. The van der Waals surface area contributed by atoms with Crippen LogP contribution in [-0.2, 0) is 0 Å². The van der Waals surface area contributed by atoms with Crippen LogP contribution in [0.1, 0.15) is 47.4 Å². The maximum Gasteiger partial charge on any atom is 0.257 e. The second-order valence-electron chi connectivity index (χ2n) is 7.39. The van der Waals surface area contributed by atoms with Crippen molar-refractivity contribution in [1.29, 1.82) is 0 Å². The van der Waals surface area contributed by atoms with Crippen LogP contribution in [-0.4, -0.2) is 41.5 Å². The van der Waals surface area contributed by atoms with Gasteiger partial charge in [0.05, 0.1) is 17.9 Å². The largest absolute Gasteiger partial charge is 0.494 e. The summed E-state index contributed by atoms with van der Waals surface area (Å²) in [6.45, 7) is 6.13.